The molecule has 2 amide bonds. The van der Waals surface area contributed by atoms with Crippen LogP contribution in [0.4, 0.5) is 0 Å². The molecule has 7 nitrogen and oxygen atoms in total. The molecule has 4 rings (SSSR count). The van der Waals surface area contributed by atoms with Gasteiger partial charge in [-0.25, -0.2) is 9.97 Å². The van der Waals surface area contributed by atoms with Crippen molar-refractivity contribution in [3.63, 3.8) is 0 Å². The highest BCUT2D eigenvalue weighted by molar-refractivity contribution is 6.42. The average Bonchev–Trinajstić information content (AvgIpc) is 2.84. The molecule has 7 heteroatoms. The fraction of sp³-hybridized carbons (Fsp3) is 0.208. The Hall–Kier alpha value is -3.87. The zero-order chi connectivity index (χ0) is 21.8. The first-order valence-electron chi connectivity index (χ1n) is 10.1. The number of piperazine rings is 1. The Morgan fingerprint density at radius 3 is 2.29 bits per heavy atom. The third kappa shape index (κ3) is 4.35. The summed E-state index contributed by atoms with van der Waals surface area (Å²) >= 11 is 0. The van der Waals surface area contributed by atoms with Crippen LogP contribution in [0.25, 0.3) is 11.4 Å². The van der Waals surface area contributed by atoms with E-state index >= 15 is 0 Å². The van der Waals surface area contributed by atoms with Crippen LogP contribution in [0.5, 0.6) is 0 Å². The smallest absolute Gasteiger partial charge is 0.295 e. The molecule has 1 atom stereocenters. The molecule has 1 saturated heterocycles. The van der Waals surface area contributed by atoms with Crippen molar-refractivity contribution in [1.29, 1.82) is 0 Å². The van der Waals surface area contributed by atoms with Crippen LogP contribution in [0.2, 0.25) is 0 Å². The number of aromatic nitrogens is 2. The lowest BCUT2D eigenvalue weighted by Gasteiger charge is -2.39. The molecule has 31 heavy (non-hydrogen) atoms. The van der Waals surface area contributed by atoms with Crippen LogP contribution in [0.3, 0.4) is 0 Å². The fourth-order valence-corrected chi connectivity index (χ4v) is 3.71. The lowest BCUT2D eigenvalue weighted by atomic mass is 10.0. The first-order valence-corrected chi connectivity index (χ1v) is 10.1. The van der Waals surface area contributed by atoms with Crippen LogP contribution >= 0.6 is 0 Å². The number of benzene rings is 2. The number of nitrogens with zero attached hydrogens (tertiary/aromatic N) is 4. The minimum atomic E-state index is -0.576. The highest BCUT2D eigenvalue weighted by atomic mass is 16.2. The van der Waals surface area contributed by atoms with Crippen molar-refractivity contribution in [3.05, 3.63) is 84.2 Å². The van der Waals surface area contributed by atoms with Gasteiger partial charge in [-0.1, -0.05) is 36.4 Å². The largest absolute Gasteiger partial charge is 0.335 e. The predicted molar refractivity (Wildman–Crippen MR) is 115 cm³/mol. The molecule has 0 N–H and O–H groups in total. The van der Waals surface area contributed by atoms with E-state index in [1.165, 1.54) is 0 Å². The number of carbonyl (C=O) groups is 3. The van der Waals surface area contributed by atoms with E-state index < -0.39 is 11.7 Å². The van der Waals surface area contributed by atoms with Gasteiger partial charge in [0.15, 0.2) is 5.82 Å². The molecule has 1 aliphatic heterocycles. The lowest BCUT2D eigenvalue weighted by Crippen LogP contribution is -2.56. The maximum absolute atomic E-state index is 12.9. The molecule has 156 valence electrons. The number of Topliss-reactive ketones (excluding diaryl/α,β-unsaturated/α-hetero) is 1. The highest BCUT2D eigenvalue weighted by Gasteiger charge is 2.33. The molecule has 0 aliphatic carbocycles. The van der Waals surface area contributed by atoms with E-state index in [-0.39, 0.29) is 11.9 Å². The van der Waals surface area contributed by atoms with Crippen LogP contribution in [-0.2, 0) is 4.79 Å². The van der Waals surface area contributed by atoms with Crippen molar-refractivity contribution in [3.8, 4) is 11.4 Å². The molecule has 1 fully saturated rings. The van der Waals surface area contributed by atoms with Gasteiger partial charge in [-0.2, -0.15) is 0 Å². The molecule has 0 saturated carbocycles. The van der Waals surface area contributed by atoms with Crippen LogP contribution in [0, 0.1) is 0 Å². The van der Waals surface area contributed by atoms with E-state index in [1.807, 2.05) is 25.1 Å². The Morgan fingerprint density at radius 2 is 1.58 bits per heavy atom. The van der Waals surface area contributed by atoms with Gasteiger partial charge in [0, 0.05) is 54.8 Å². The molecule has 0 unspecified atom stereocenters. The topological polar surface area (TPSA) is 83.5 Å². The van der Waals surface area contributed by atoms with E-state index in [0.717, 1.165) is 0 Å². The molecule has 1 aromatic heterocycles. The van der Waals surface area contributed by atoms with Crippen molar-refractivity contribution in [2.75, 3.05) is 19.6 Å². The molecule has 1 aliphatic rings. The van der Waals surface area contributed by atoms with Gasteiger partial charge in [-0.15, -0.1) is 0 Å². The number of hydrogen-bond donors (Lipinski definition) is 0. The van der Waals surface area contributed by atoms with E-state index in [1.54, 1.807) is 64.7 Å². The number of rotatable bonds is 4. The van der Waals surface area contributed by atoms with Gasteiger partial charge < -0.3 is 9.80 Å². The van der Waals surface area contributed by atoms with Gasteiger partial charge in [0.25, 0.3) is 11.8 Å². The number of carbonyl (C=O) groups excluding carboxylic acids is 3. The molecular formula is C24H22N4O3. The first kappa shape index (κ1) is 20.4. The fourth-order valence-electron chi connectivity index (χ4n) is 3.71. The summed E-state index contributed by atoms with van der Waals surface area (Å²) in [7, 11) is 0. The Kier molecular flexibility index (Phi) is 5.84. The molecule has 0 bridgehead atoms. The lowest BCUT2D eigenvalue weighted by molar-refractivity contribution is -0.130. The molecule has 2 aromatic carbocycles. The van der Waals surface area contributed by atoms with Gasteiger partial charge >= 0.3 is 0 Å². The van der Waals surface area contributed by atoms with Crippen molar-refractivity contribution in [2.24, 2.45) is 0 Å². The maximum Gasteiger partial charge on any atom is 0.295 e. The second-order valence-corrected chi connectivity index (χ2v) is 7.45. The molecular weight excluding hydrogens is 392 g/mol. The van der Waals surface area contributed by atoms with Crippen LogP contribution in [-0.4, -0.2) is 63.0 Å². The highest BCUT2D eigenvalue weighted by Crippen LogP contribution is 2.19. The SMILES string of the molecule is C[C@@H]1CN(C(=O)c2ccccc2)CCN1C(=O)C(=O)c1cccc(-c2ncccn2)c1. The predicted octanol–water partition coefficient (Wildman–Crippen LogP) is 2.70. The quantitative estimate of drug-likeness (QED) is 0.484. The van der Waals surface area contributed by atoms with Crippen LogP contribution < -0.4 is 0 Å². The first-order chi connectivity index (χ1) is 15.0. The Labute approximate surface area is 180 Å². The summed E-state index contributed by atoms with van der Waals surface area (Å²) in [4.78, 5) is 50.2. The Morgan fingerprint density at radius 1 is 0.871 bits per heavy atom. The van der Waals surface area contributed by atoms with Crippen molar-refractivity contribution >= 4 is 17.6 Å². The summed E-state index contributed by atoms with van der Waals surface area (Å²) in [6.45, 7) is 2.93. The van der Waals surface area contributed by atoms with E-state index in [4.69, 9.17) is 0 Å². The van der Waals surface area contributed by atoms with Gasteiger partial charge in [0.1, 0.15) is 0 Å². The van der Waals surface area contributed by atoms with Gasteiger partial charge in [0.2, 0.25) is 5.78 Å². The summed E-state index contributed by atoms with van der Waals surface area (Å²) in [5, 5.41) is 0. The molecule has 0 radical (unpaired) electrons. The second kappa shape index (κ2) is 8.87. The zero-order valence-electron chi connectivity index (χ0n) is 17.1. The van der Waals surface area contributed by atoms with Gasteiger partial charge in [0.05, 0.1) is 0 Å². The Balaban J connectivity index is 1.45. The van der Waals surface area contributed by atoms with Crippen molar-refractivity contribution in [1.82, 2.24) is 19.8 Å². The van der Waals surface area contributed by atoms with Gasteiger partial charge in [-0.3, -0.25) is 14.4 Å². The standard InChI is InChI=1S/C24H22N4O3/c1-17-16-27(23(30)18-7-3-2-4-8-18)13-14-28(17)24(31)21(29)19-9-5-10-20(15-19)22-25-11-6-12-26-22/h2-12,15,17H,13-14,16H2,1H3/t17-/m1/s1. The monoisotopic (exact) mass is 414 g/mol. The second-order valence-electron chi connectivity index (χ2n) is 7.45. The summed E-state index contributed by atoms with van der Waals surface area (Å²) < 4.78 is 0. The third-order valence-corrected chi connectivity index (χ3v) is 5.34. The molecule has 2 heterocycles. The van der Waals surface area contributed by atoms with Crippen molar-refractivity contribution < 1.29 is 14.4 Å². The normalized spacial score (nSPS) is 16.1. The maximum atomic E-state index is 12.9. The van der Waals surface area contributed by atoms with E-state index in [9.17, 15) is 14.4 Å². The summed E-state index contributed by atoms with van der Waals surface area (Å²) in [6, 6.07) is 17.3. The zero-order valence-corrected chi connectivity index (χ0v) is 17.1. The van der Waals surface area contributed by atoms with Crippen LogP contribution in [0.15, 0.2) is 73.1 Å². The minimum absolute atomic E-state index is 0.0681. The average molecular weight is 414 g/mol. The summed E-state index contributed by atoms with van der Waals surface area (Å²) in [5.41, 5.74) is 1.58. The number of ketones is 1. The Bertz CT molecular complexity index is 1100. The summed E-state index contributed by atoms with van der Waals surface area (Å²) in [6.07, 6.45) is 3.25. The van der Waals surface area contributed by atoms with E-state index in [0.29, 0.717) is 42.1 Å². The van der Waals surface area contributed by atoms with E-state index in [2.05, 4.69) is 9.97 Å². The number of hydrogen-bond acceptors (Lipinski definition) is 5. The molecule has 3 aromatic rings. The van der Waals surface area contributed by atoms with Gasteiger partial charge in [-0.05, 0) is 31.2 Å². The van der Waals surface area contributed by atoms with Crippen LogP contribution in [0.1, 0.15) is 27.6 Å². The molecule has 0 spiro atoms. The summed E-state index contributed by atoms with van der Waals surface area (Å²) in [5.74, 6) is -0.717. The third-order valence-electron chi connectivity index (χ3n) is 5.34. The minimum Gasteiger partial charge on any atom is -0.335 e. The number of amides is 2. The van der Waals surface area contributed by atoms with Crippen molar-refractivity contribution in [2.45, 2.75) is 13.0 Å².